The van der Waals surface area contributed by atoms with Crippen molar-refractivity contribution < 1.29 is 4.79 Å². The molecule has 0 saturated heterocycles. The topological polar surface area (TPSA) is 70.7 Å². The predicted molar refractivity (Wildman–Crippen MR) is 96.9 cm³/mol. The molecule has 0 bridgehead atoms. The number of aromatic amines is 1. The maximum absolute atomic E-state index is 12.4. The number of hydrogen-bond donors (Lipinski definition) is 2. The molecular weight excluding hydrogens is 312 g/mol. The van der Waals surface area contributed by atoms with Crippen molar-refractivity contribution >= 4 is 16.8 Å². The van der Waals surface area contributed by atoms with Crippen LogP contribution in [0.3, 0.4) is 0 Å². The first-order valence-corrected chi connectivity index (χ1v) is 8.00. The minimum atomic E-state index is -0.0922. The van der Waals surface area contributed by atoms with E-state index in [-0.39, 0.29) is 5.91 Å². The molecule has 25 heavy (non-hydrogen) atoms. The Morgan fingerprint density at radius 2 is 1.88 bits per heavy atom. The van der Waals surface area contributed by atoms with Crippen molar-refractivity contribution in [1.82, 2.24) is 20.3 Å². The number of carbonyl (C=O) groups is 1. The van der Waals surface area contributed by atoms with Crippen molar-refractivity contribution in [1.29, 1.82) is 0 Å². The Balaban J connectivity index is 1.48. The van der Waals surface area contributed by atoms with Gasteiger partial charge in [0.05, 0.1) is 5.69 Å². The highest BCUT2D eigenvalue weighted by Gasteiger charge is 2.07. The summed E-state index contributed by atoms with van der Waals surface area (Å²) in [7, 11) is 0. The Hall–Kier alpha value is -3.47. The SMILES string of the molecule is O=C(NCc1ccnc(-c2ccncc2)c1)c1ccc2[nH]ccc2c1. The number of nitrogens with zero attached hydrogens (tertiary/aromatic N) is 2. The number of fused-ring (bicyclic) bond motifs is 1. The summed E-state index contributed by atoms with van der Waals surface area (Å²) in [5.41, 5.74) is 4.53. The lowest BCUT2D eigenvalue weighted by molar-refractivity contribution is 0.0951. The quantitative estimate of drug-likeness (QED) is 0.602. The van der Waals surface area contributed by atoms with Gasteiger partial charge in [0.1, 0.15) is 0 Å². The van der Waals surface area contributed by atoms with Gasteiger partial charge in [0, 0.05) is 53.4 Å². The van der Waals surface area contributed by atoms with Crippen LogP contribution in [0.5, 0.6) is 0 Å². The monoisotopic (exact) mass is 328 g/mol. The molecule has 1 amide bonds. The fourth-order valence-corrected chi connectivity index (χ4v) is 2.74. The summed E-state index contributed by atoms with van der Waals surface area (Å²) < 4.78 is 0. The molecule has 0 saturated carbocycles. The fourth-order valence-electron chi connectivity index (χ4n) is 2.74. The van der Waals surface area contributed by atoms with Gasteiger partial charge in [0.25, 0.3) is 5.91 Å². The van der Waals surface area contributed by atoms with Crippen molar-refractivity contribution in [3.05, 3.63) is 84.4 Å². The zero-order chi connectivity index (χ0) is 17.1. The lowest BCUT2D eigenvalue weighted by Gasteiger charge is -2.07. The van der Waals surface area contributed by atoms with E-state index in [4.69, 9.17) is 0 Å². The van der Waals surface area contributed by atoms with Crippen LogP contribution in [0.4, 0.5) is 0 Å². The number of amides is 1. The van der Waals surface area contributed by atoms with Crippen molar-refractivity contribution in [2.45, 2.75) is 6.54 Å². The summed E-state index contributed by atoms with van der Waals surface area (Å²) in [6.07, 6.45) is 7.10. The van der Waals surface area contributed by atoms with Crippen molar-refractivity contribution in [2.75, 3.05) is 0 Å². The van der Waals surface area contributed by atoms with Crippen molar-refractivity contribution in [3.63, 3.8) is 0 Å². The molecule has 4 rings (SSSR count). The van der Waals surface area contributed by atoms with E-state index in [0.29, 0.717) is 12.1 Å². The van der Waals surface area contributed by atoms with Crippen LogP contribution in [0.25, 0.3) is 22.2 Å². The first-order valence-electron chi connectivity index (χ1n) is 8.00. The molecule has 1 aromatic carbocycles. The maximum atomic E-state index is 12.4. The van der Waals surface area contributed by atoms with Crippen molar-refractivity contribution in [3.8, 4) is 11.3 Å². The summed E-state index contributed by atoms with van der Waals surface area (Å²) in [5.74, 6) is -0.0922. The lowest BCUT2D eigenvalue weighted by atomic mass is 10.1. The highest BCUT2D eigenvalue weighted by Crippen LogP contribution is 2.17. The van der Waals surface area contributed by atoms with Crippen LogP contribution in [0.2, 0.25) is 0 Å². The van der Waals surface area contributed by atoms with Gasteiger partial charge in [-0.2, -0.15) is 0 Å². The number of rotatable bonds is 4. The van der Waals surface area contributed by atoms with Crippen LogP contribution in [-0.4, -0.2) is 20.9 Å². The van der Waals surface area contributed by atoms with Gasteiger partial charge >= 0.3 is 0 Å². The molecule has 0 aliphatic rings. The zero-order valence-electron chi connectivity index (χ0n) is 13.4. The van der Waals surface area contributed by atoms with Crippen LogP contribution < -0.4 is 5.32 Å². The van der Waals surface area contributed by atoms with Crippen molar-refractivity contribution in [2.24, 2.45) is 0 Å². The van der Waals surface area contributed by atoms with Crippen LogP contribution in [0, 0.1) is 0 Å². The Labute approximate surface area is 144 Å². The number of H-pyrrole nitrogens is 1. The van der Waals surface area contributed by atoms with Gasteiger partial charge < -0.3 is 10.3 Å². The van der Waals surface area contributed by atoms with Gasteiger partial charge in [0.2, 0.25) is 0 Å². The number of benzene rings is 1. The van der Waals surface area contributed by atoms with E-state index < -0.39 is 0 Å². The number of nitrogens with one attached hydrogen (secondary N) is 2. The van der Waals surface area contributed by atoms with Gasteiger partial charge in [-0.15, -0.1) is 0 Å². The van der Waals surface area contributed by atoms with E-state index in [1.165, 1.54) is 0 Å². The van der Waals surface area contributed by atoms with Crippen LogP contribution >= 0.6 is 0 Å². The number of hydrogen-bond acceptors (Lipinski definition) is 3. The normalized spacial score (nSPS) is 10.7. The molecule has 0 fully saturated rings. The number of aromatic nitrogens is 3. The smallest absolute Gasteiger partial charge is 0.251 e. The van der Waals surface area contributed by atoms with E-state index in [1.54, 1.807) is 18.6 Å². The number of pyridine rings is 2. The third kappa shape index (κ3) is 3.26. The van der Waals surface area contributed by atoms with E-state index >= 15 is 0 Å². The molecule has 5 heteroatoms. The van der Waals surface area contributed by atoms with Gasteiger partial charge in [0.15, 0.2) is 0 Å². The Morgan fingerprint density at radius 3 is 2.76 bits per heavy atom. The molecular formula is C20H16N4O. The molecule has 3 heterocycles. The lowest BCUT2D eigenvalue weighted by Crippen LogP contribution is -2.22. The van der Waals surface area contributed by atoms with Crippen LogP contribution in [0.1, 0.15) is 15.9 Å². The molecule has 0 unspecified atom stereocenters. The summed E-state index contributed by atoms with van der Waals surface area (Å²) >= 11 is 0. The summed E-state index contributed by atoms with van der Waals surface area (Å²) in [6.45, 7) is 0.449. The first kappa shape index (κ1) is 15.1. The average Bonchev–Trinajstić information content (AvgIpc) is 3.15. The van der Waals surface area contributed by atoms with Gasteiger partial charge in [-0.1, -0.05) is 0 Å². The minimum Gasteiger partial charge on any atom is -0.361 e. The van der Waals surface area contributed by atoms with Crippen LogP contribution in [0.15, 0.2) is 73.3 Å². The minimum absolute atomic E-state index is 0.0922. The van der Waals surface area contributed by atoms with E-state index in [2.05, 4.69) is 20.3 Å². The molecule has 5 nitrogen and oxygen atoms in total. The molecule has 4 aromatic rings. The zero-order valence-corrected chi connectivity index (χ0v) is 13.4. The highest BCUT2D eigenvalue weighted by molar-refractivity contribution is 5.98. The molecule has 122 valence electrons. The number of carbonyl (C=O) groups excluding carboxylic acids is 1. The molecule has 0 radical (unpaired) electrons. The van der Waals surface area contributed by atoms with E-state index in [0.717, 1.165) is 27.7 Å². The molecule has 0 atom stereocenters. The summed E-state index contributed by atoms with van der Waals surface area (Å²) in [4.78, 5) is 23.9. The third-order valence-corrected chi connectivity index (χ3v) is 4.07. The van der Waals surface area contributed by atoms with Crippen LogP contribution in [-0.2, 0) is 6.54 Å². The highest BCUT2D eigenvalue weighted by atomic mass is 16.1. The molecule has 0 aliphatic carbocycles. The maximum Gasteiger partial charge on any atom is 0.251 e. The van der Waals surface area contributed by atoms with Gasteiger partial charge in [-0.05, 0) is 54.1 Å². The molecule has 0 spiro atoms. The Morgan fingerprint density at radius 1 is 1.00 bits per heavy atom. The average molecular weight is 328 g/mol. The summed E-state index contributed by atoms with van der Waals surface area (Å²) in [5, 5.41) is 3.99. The Kier molecular flexibility index (Phi) is 3.96. The standard InChI is InChI=1S/C20H16N4O/c25-20(17-1-2-18-16(12-17)6-10-22-18)24-13-14-3-9-23-19(11-14)15-4-7-21-8-5-15/h1-12,22H,13H2,(H,24,25). The molecule has 2 N–H and O–H groups in total. The van der Waals surface area contributed by atoms with Gasteiger partial charge in [-0.3, -0.25) is 14.8 Å². The van der Waals surface area contributed by atoms with Gasteiger partial charge in [-0.25, -0.2) is 0 Å². The largest absolute Gasteiger partial charge is 0.361 e. The second-order valence-corrected chi connectivity index (χ2v) is 5.75. The molecule has 0 aliphatic heterocycles. The second kappa shape index (κ2) is 6.57. The molecule has 3 aromatic heterocycles. The van der Waals surface area contributed by atoms with E-state index in [1.807, 2.05) is 54.7 Å². The summed E-state index contributed by atoms with van der Waals surface area (Å²) in [6, 6.07) is 15.3. The first-order chi connectivity index (χ1) is 12.3. The predicted octanol–water partition coefficient (Wildman–Crippen LogP) is 3.55. The Bertz CT molecular complexity index is 1020. The fraction of sp³-hybridized carbons (Fsp3) is 0.0500. The van der Waals surface area contributed by atoms with E-state index in [9.17, 15) is 4.79 Å². The third-order valence-electron chi connectivity index (χ3n) is 4.07. The second-order valence-electron chi connectivity index (χ2n) is 5.75.